The number of aromatic nitrogens is 1. The van der Waals surface area contributed by atoms with Gasteiger partial charge in [-0.3, -0.25) is 5.32 Å². The molecule has 0 saturated carbocycles. The van der Waals surface area contributed by atoms with Crippen molar-refractivity contribution in [2.45, 2.75) is 39.2 Å². The molecule has 2 heterocycles. The number of hydrogen-bond donors (Lipinski definition) is 2. The quantitative estimate of drug-likeness (QED) is 0.464. The number of hydrogen-bond acceptors (Lipinski definition) is 4. The number of amidine groups is 1. The lowest BCUT2D eigenvalue weighted by atomic mass is 10.1. The van der Waals surface area contributed by atoms with E-state index in [1.54, 1.807) is 12.1 Å². The van der Waals surface area contributed by atoms with Gasteiger partial charge >= 0.3 is 6.03 Å². The Hall–Kier alpha value is -3.19. The molecule has 33 heavy (non-hydrogen) atoms. The molecule has 176 valence electrons. The third kappa shape index (κ3) is 7.71. The number of amides is 2. The molecule has 7 nitrogen and oxygen atoms in total. The van der Waals surface area contributed by atoms with Crippen molar-refractivity contribution >= 4 is 23.5 Å². The van der Waals surface area contributed by atoms with Crippen LogP contribution >= 0.6 is 0 Å². The largest absolute Gasteiger partial charge is 0.354 e. The maximum atomic E-state index is 12.5. The summed E-state index contributed by atoms with van der Waals surface area (Å²) in [7, 11) is 2.12. The molecule has 1 unspecified atom stereocenters. The van der Waals surface area contributed by atoms with Gasteiger partial charge in [-0.2, -0.15) is 0 Å². The predicted octanol–water partition coefficient (Wildman–Crippen LogP) is 4.39. The van der Waals surface area contributed by atoms with Crippen molar-refractivity contribution in [2.75, 3.05) is 38.5 Å². The van der Waals surface area contributed by atoms with E-state index in [0.717, 1.165) is 56.8 Å². The second-order valence-electron chi connectivity index (χ2n) is 8.68. The first-order valence-corrected chi connectivity index (χ1v) is 11.7. The van der Waals surface area contributed by atoms with Crippen molar-refractivity contribution < 1.29 is 4.79 Å². The van der Waals surface area contributed by atoms with Crippen LogP contribution in [0.2, 0.25) is 0 Å². The maximum Gasteiger partial charge on any atom is 0.320 e. The van der Waals surface area contributed by atoms with E-state index < -0.39 is 0 Å². The number of carbonyl (C=O) groups excluding carboxylic acids is 1. The third-order valence-electron chi connectivity index (χ3n) is 5.87. The van der Waals surface area contributed by atoms with Crippen LogP contribution in [0.3, 0.4) is 0 Å². The number of nitrogens with one attached hydrogen (secondary N) is 2. The van der Waals surface area contributed by atoms with Crippen molar-refractivity contribution in [3.05, 3.63) is 66.2 Å². The number of pyridine rings is 1. The van der Waals surface area contributed by atoms with Gasteiger partial charge in [-0.15, -0.1) is 0 Å². The highest BCUT2D eigenvalue weighted by Gasteiger charge is 2.16. The average Bonchev–Trinajstić information content (AvgIpc) is 2.80. The summed E-state index contributed by atoms with van der Waals surface area (Å²) < 4.78 is 0. The molecule has 1 aliphatic heterocycles. The Labute approximate surface area is 197 Å². The van der Waals surface area contributed by atoms with Crippen molar-refractivity contribution in [3.8, 4) is 0 Å². The number of nitrogens with zero attached hydrogens (tertiary/aromatic N) is 4. The van der Waals surface area contributed by atoms with Crippen molar-refractivity contribution in [1.29, 1.82) is 0 Å². The maximum absolute atomic E-state index is 12.5. The number of urea groups is 1. The van der Waals surface area contributed by atoms with Gasteiger partial charge in [0.2, 0.25) is 0 Å². The topological polar surface area (TPSA) is 72.9 Å². The minimum Gasteiger partial charge on any atom is -0.354 e. The summed E-state index contributed by atoms with van der Waals surface area (Å²) in [6, 6.07) is 14.0. The monoisotopic (exact) mass is 448 g/mol. The predicted molar refractivity (Wildman–Crippen MR) is 136 cm³/mol. The second-order valence-corrected chi connectivity index (χ2v) is 8.68. The third-order valence-corrected chi connectivity index (χ3v) is 5.87. The van der Waals surface area contributed by atoms with Gasteiger partial charge in [0, 0.05) is 32.2 Å². The molecule has 3 rings (SSSR count). The van der Waals surface area contributed by atoms with E-state index >= 15 is 0 Å². The fourth-order valence-corrected chi connectivity index (χ4v) is 3.80. The smallest absolute Gasteiger partial charge is 0.320 e. The van der Waals surface area contributed by atoms with Crippen LogP contribution in [-0.2, 0) is 6.42 Å². The van der Waals surface area contributed by atoms with Gasteiger partial charge in [0.15, 0.2) is 5.82 Å². The molecule has 0 bridgehead atoms. The van der Waals surface area contributed by atoms with Crippen LogP contribution < -0.4 is 10.6 Å². The summed E-state index contributed by atoms with van der Waals surface area (Å²) in [5.41, 5.74) is 2.27. The first-order chi connectivity index (χ1) is 15.9. The Morgan fingerprint density at radius 2 is 1.91 bits per heavy atom. The van der Waals surface area contributed by atoms with E-state index in [2.05, 4.69) is 63.3 Å². The fourth-order valence-electron chi connectivity index (χ4n) is 3.80. The van der Waals surface area contributed by atoms with Crippen molar-refractivity contribution in [3.63, 3.8) is 0 Å². The van der Waals surface area contributed by atoms with E-state index in [1.807, 2.05) is 26.0 Å². The lowest BCUT2D eigenvalue weighted by molar-refractivity contribution is 0.216. The highest BCUT2D eigenvalue weighted by atomic mass is 16.2. The zero-order valence-corrected chi connectivity index (χ0v) is 20.1. The van der Waals surface area contributed by atoms with Crippen molar-refractivity contribution in [1.82, 2.24) is 20.1 Å². The van der Waals surface area contributed by atoms with Gasteiger partial charge in [-0.05, 0) is 63.4 Å². The van der Waals surface area contributed by atoms with E-state index in [1.165, 1.54) is 5.56 Å². The molecule has 1 aliphatic rings. The van der Waals surface area contributed by atoms with Crippen LogP contribution in [0.15, 0.2) is 60.1 Å². The molecular weight excluding hydrogens is 412 g/mol. The Bertz CT molecular complexity index is 951. The summed E-state index contributed by atoms with van der Waals surface area (Å²) >= 11 is 0. The Morgan fingerprint density at radius 3 is 2.61 bits per heavy atom. The van der Waals surface area contributed by atoms with Crippen LogP contribution in [0.25, 0.3) is 0 Å². The Morgan fingerprint density at radius 1 is 1.18 bits per heavy atom. The first kappa shape index (κ1) is 24.5. The molecule has 0 radical (unpaired) electrons. The zero-order chi connectivity index (χ0) is 23.6. The number of likely N-dealkylation sites (N-methyl/N-ethyl adjacent to an activating group) is 1. The number of carbonyl (C=O) groups is 1. The molecule has 1 aromatic heterocycles. The molecule has 1 fully saturated rings. The molecule has 1 saturated heterocycles. The van der Waals surface area contributed by atoms with Crippen LogP contribution in [0.1, 0.15) is 30.9 Å². The summed E-state index contributed by atoms with van der Waals surface area (Å²) in [5.74, 6) is 1.89. The van der Waals surface area contributed by atoms with Crippen LogP contribution in [0.5, 0.6) is 0 Å². The molecule has 1 aromatic carbocycles. The normalized spacial score (nSPS) is 15.7. The number of piperazine rings is 1. The molecular formula is C26H36N6O. The minimum absolute atomic E-state index is 0.0706. The van der Waals surface area contributed by atoms with Gasteiger partial charge in [-0.25, -0.2) is 14.8 Å². The summed E-state index contributed by atoms with van der Waals surface area (Å²) in [6.45, 7) is 11.7. The number of anilines is 1. The van der Waals surface area contributed by atoms with Crippen LogP contribution in [0.4, 0.5) is 16.4 Å². The standard InChI is InChI=1S/C26H36N6O/c1-5-24(32-18-16-31(4)17-19-32)30-25-20(2)14-15-23(28-25)29-26(33)27-21(3)10-9-13-22-11-7-6-8-12-22/h5-8,11-12,14-15,21H,1,9-10,13,16-19H2,2-4H3,(H2,27,28,29,33)/b30-24+. The van der Waals surface area contributed by atoms with E-state index in [0.29, 0.717) is 11.6 Å². The Kier molecular flexibility index (Phi) is 9.01. The van der Waals surface area contributed by atoms with Gasteiger partial charge in [-0.1, -0.05) is 43.0 Å². The summed E-state index contributed by atoms with van der Waals surface area (Å²) in [5, 5.41) is 5.85. The molecule has 0 aliphatic carbocycles. The molecule has 0 spiro atoms. The first-order valence-electron chi connectivity index (χ1n) is 11.7. The minimum atomic E-state index is -0.253. The molecule has 1 atom stereocenters. The van der Waals surface area contributed by atoms with E-state index in [-0.39, 0.29) is 12.1 Å². The highest BCUT2D eigenvalue weighted by molar-refractivity contribution is 5.94. The number of benzene rings is 1. The summed E-state index contributed by atoms with van der Waals surface area (Å²) in [4.78, 5) is 26.3. The number of aliphatic imine (C=N–C) groups is 1. The van der Waals surface area contributed by atoms with Gasteiger partial charge in [0.25, 0.3) is 0 Å². The molecule has 2 aromatic rings. The molecule has 7 heteroatoms. The Balaban J connectivity index is 1.54. The fraction of sp³-hybridized carbons (Fsp3) is 0.423. The number of rotatable bonds is 8. The molecule has 2 amide bonds. The van der Waals surface area contributed by atoms with Crippen LogP contribution in [-0.4, -0.2) is 65.9 Å². The van der Waals surface area contributed by atoms with Gasteiger partial charge in [0.05, 0.1) is 0 Å². The highest BCUT2D eigenvalue weighted by Crippen LogP contribution is 2.20. The zero-order valence-electron chi connectivity index (χ0n) is 20.1. The van der Waals surface area contributed by atoms with Gasteiger partial charge < -0.3 is 15.1 Å². The van der Waals surface area contributed by atoms with Crippen molar-refractivity contribution in [2.24, 2.45) is 4.99 Å². The van der Waals surface area contributed by atoms with E-state index in [9.17, 15) is 4.79 Å². The molecule has 2 N–H and O–H groups in total. The van der Waals surface area contributed by atoms with Gasteiger partial charge in [0.1, 0.15) is 11.7 Å². The van der Waals surface area contributed by atoms with E-state index in [4.69, 9.17) is 4.99 Å². The van der Waals surface area contributed by atoms with Crippen LogP contribution in [0, 0.1) is 6.92 Å². The average molecular weight is 449 g/mol. The lowest BCUT2D eigenvalue weighted by Gasteiger charge is -2.33. The summed E-state index contributed by atoms with van der Waals surface area (Å²) in [6.07, 6.45) is 4.71. The lowest BCUT2D eigenvalue weighted by Crippen LogP contribution is -2.46. The number of aryl methyl sites for hydroxylation is 2. The SMILES string of the molecule is C=C/C(=N\c1nc(NC(=O)NC(C)CCCc2ccccc2)ccc1C)N1CCN(C)CC1. The second kappa shape index (κ2) is 12.2.